The first-order valence-electron chi connectivity index (χ1n) is 8.03. The summed E-state index contributed by atoms with van der Waals surface area (Å²) in [4.78, 5) is 13.0. The van der Waals surface area contributed by atoms with Crippen LogP contribution in [0.2, 0.25) is 0 Å². The Morgan fingerprint density at radius 1 is 1.00 bits per heavy atom. The molecule has 1 aromatic heterocycles. The quantitative estimate of drug-likeness (QED) is 0.765. The zero-order valence-corrected chi connectivity index (χ0v) is 13.8. The van der Waals surface area contributed by atoms with Gasteiger partial charge in [0.1, 0.15) is 0 Å². The Kier molecular flexibility index (Phi) is 4.20. The van der Waals surface area contributed by atoms with Gasteiger partial charge in [-0.2, -0.15) is 0 Å². The van der Waals surface area contributed by atoms with Gasteiger partial charge in [-0.25, -0.2) is 4.68 Å². The third-order valence-corrected chi connectivity index (χ3v) is 4.02. The first-order valence-corrected chi connectivity index (χ1v) is 8.03. The predicted octanol–water partition coefficient (Wildman–Crippen LogP) is 4.34. The fraction of sp³-hybridized carbons (Fsp3) is 0.250. The van der Waals surface area contributed by atoms with Crippen LogP contribution in [-0.2, 0) is 6.42 Å². The van der Waals surface area contributed by atoms with E-state index >= 15 is 0 Å². The van der Waals surface area contributed by atoms with Crippen molar-refractivity contribution in [3.8, 4) is 16.9 Å². The molecule has 0 aliphatic heterocycles. The average molecular weight is 306 g/mol. The second kappa shape index (κ2) is 6.29. The molecule has 0 atom stereocenters. The normalized spacial score (nSPS) is 11.1. The molecule has 0 radical (unpaired) electrons. The van der Waals surface area contributed by atoms with Crippen molar-refractivity contribution in [3.63, 3.8) is 0 Å². The molecule has 0 saturated carbocycles. The summed E-state index contributed by atoms with van der Waals surface area (Å²) in [6.07, 6.45) is 0.762. The van der Waals surface area contributed by atoms with Crippen molar-refractivity contribution in [2.45, 2.75) is 27.2 Å². The van der Waals surface area contributed by atoms with E-state index in [2.05, 4.69) is 18.9 Å². The molecule has 1 heterocycles. The van der Waals surface area contributed by atoms with Crippen LogP contribution in [0.4, 0.5) is 0 Å². The maximum absolute atomic E-state index is 13.0. The summed E-state index contributed by atoms with van der Waals surface area (Å²) in [7, 11) is 0. The van der Waals surface area contributed by atoms with Gasteiger partial charge in [-0.05, 0) is 36.5 Å². The van der Waals surface area contributed by atoms with Crippen LogP contribution >= 0.6 is 0 Å². The number of nitrogens with zero attached hydrogens (tertiary/aromatic N) is 1. The first kappa shape index (κ1) is 15.3. The summed E-state index contributed by atoms with van der Waals surface area (Å²) >= 11 is 0. The second-order valence-corrected chi connectivity index (χ2v) is 6.36. The van der Waals surface area contributed by atoms with Crippen molar-refractivity contribution in [2.24, 2.45) is 5.92 Å². The van der Waals surface area contributed by atoms with Crippen LogP contribution in [0.3, 0.4) is 0 Å². The number of benzene rings is 2. The van der Waals surface area contributed by atoms with Gasteiger partial charge in [-0.15, -0.1) is 0 Å². The lowest BCUT2D eigenvalue weighted by atomic mass is 10.00. The minimum atomic E-state index is 0.0480. The predicted molar refractivity (Wildman–Crippen MR) is 95.1 cm³/mol. The highest BCUT2D eigenvalue weighted by Gasteiger charge is 2.18. The molecule has 1 N–H and O–H groups in total. The van der Waals surface area contributed by atoms with Crippen molar-refractivity contribution in [3.05, 3.63) is 76.1 Å². The molecule has 0 amide bonds. The summed E-state index contributed by atoms with van der Waals surface area (Å²) in [5.41, 5.74) is 4.86. The Hall–Kier alpha value is -2.55. The van der Waals surface area contributed by atoms with Crippen LogP contribution in [0.5, 0.6) is 0 Å². The van der Waals surface area contributed by atoms with Gasteiger partial charge in [0.15, 0.2) is 0 Å². The smallest absolute Gasteiger partial charge is 0.275 e. The molecule has 2 aromatic carbocycles. The molecule has 3 nitrogen and oxygen atoms in total. The monoisotopic (exact) mass is 306 g/mol. The highest BCUT2D eigenvalue weighted by molar-refractivity contribution is 5.63. The SMILES string of the molecule is Cc1ccccc1-n1[nH]c(-c2ccccc2)c(CC(C)C)c1=O. The maximum atomic E-state index is 13.0. The number of hydrogen-bond donors (Lipinski definition) is 1. The number of nitrogens with one attached hydrogen (secondary N) is 1. The molecule has 3 heteroatoms. The highest BCUT2D eigenvalue weighted by atomic mass is 16.1. The maximum Gasteiger partial charge on any atom is 0.275 e. The van der Waals surface area contributed by atoms with Gasteiger partial charge in [0.05, 0.1) is 11.4 Å². The standard InChI is InChI=1S/C20H22N2O/c1-14(2)13-17-19(16-10-5-4-6-11-16)21-22(20(17)23)18-12-8-7-9-15(18)3/h4-12,14,21H,13H2,1-3H3. The molecule has 0 spiro atoms. The van der Waals surface area contributed by atoms with E-state index in [1.165, 1.54) is 0 Å². The van der Waals surface area contributed by atoms with Gasteiger partial charge in [-0.1, -0.05) is 62.4 Å². The zero-order valence-electron chi connectivity index (χ0n) is 13.8. The van der Waals surface area contributed by atoms with Crippen LogP contribution in [0.1, 0.15) is 25.0 Å². The Morgan fingerprint density at radius 2 is 1.65 bits per heavy atom. The Bertz CT molecular complexity index is 857. The molecule has 3 aromatic rings. The molecule has 0 unspecified atom stereocenters. The largest absolute Gasteiger partial charge is 0.290 e. The van der Waals surface area contributed by atoms with Gasteiger partial charge >= 0.3 is 0 Å². The highest BCUT2D eigenvalue weighted by Crippen LogP contribution is 2.23. The molecule has 0 bridgehead atoms. The van der Waals surface area contributed by atoms with E-state index in [9.17, 15) is 4.79 Å². The number of aryl methyl sites for hydroxylation is 1. The molecule has 3 rings (SSSR count). The van der Waals surface area contributed by atoms with Crippen LogP contribution in [0.25, 0.3) is 16.9 Å². The fourth-order valence-electron chi connectivity index (χ4n) is 2.90. The van der Waals surface area contributed by atoms with E-state index in [0.29, 0.717) is 5.92 Å². The summed E-state index contributed by atoms with van der Waals surface area (Å²) in [6.45, 7) is 6.30. The Labute approximate surface area is 136 Å². The number of aromatic nitrogens is 2. The number of hydrogen-bond acceptors (Lipinski definition) is 1. The minimum Gasteiger partial charge on any atom is -0.290 e. The van der Waals surface area contributed by atoms with Crippen LogP contribution < -0.4 is 5.56 Å². The molecule has 0 fully saturated rings. The number of rotatable bonds is 4. The van der Waals surface area contributed by atoms with E-state index in [1.807, 2.05) is 61.5 Å². The lowest BCUT2D eigenvalue weighted by molar-refractivity contribution is 0.644. The lowest BCUT2D eigenvalue weighted by Gasteiger charge is -2.05. The molecular formula is C20H22N2O. The number of H-pyrrole nitrogens is 1. The molecule has 23 heavy (non-hydrogen) atoms. The van der Waals surface area contributed by atoms with Crippen molar-refractivity contribution in [2.75, 3.05) is 0 Å². The topological polar surface area (TPSA) is 37.8 Å². The van der Waals surface area contributed by atoms with Gasteiger partial charge in [0.2, 0.25) is 0 Å². The molecular weight excluding hydrogens is 284 g/mol. The fourth-order valence-corrected chi connectivity index (χ4v) is 2.90. The Balaban J connectivity index is 2.22. The number of aromatic amines is 1. The van der Waals surface area contributed by atoms with E-state index in [1.54, 1.807) is 4.68 Å². The third-order valence-electron chi connectivity index (χ3n) is 4.02. The molecule has 118 valence electrons. The van der Waals surface area contributed by atoms with E-state index in [-0.39, 0.29) is 5.56 Å². The van der Waals surface area contributed by atoms with E-state index < -0.39 is 0 Å². The van der Waals surface area contributed by atoms with Crippen LogP contribution in [-0.4, -0.2) is 9.78 Å². The van der Waals surface area contributed by atoms with Gasteiger partial charge in [-0.3, -0.25) is 9.89 Å². The average Bonchev–Trinajstić information content (AvgIpc) is 2.85. The summed E-state index contributed by atoms with van der Waals surface area (Å²) in [5, 5.41) is 3.33. The van der Waals surface area contributed by atoms with E-state index in [4.69, 9.17) is 0 Å². The van der Waals surface area contributed by atoms with Crippen molar-refractivity contribution in [1.29, 1.82) is 0 Å². The van der Waals surface area contributed by atoms with Crippen molar-refractivity contribution < 1.29 is 0 Å². The van der Waals surface area contributed by atoms with Gasteiger partial charge < -0.3 is 0 Å². The third kappa shape index (κ3) is 3.00. The summed E-state index contributed by atoms with van der Waals surface area (Å²) < 4.78 is 1.68. The van der Waals surface area contributed by atoms with Gasteiger partial charge in [0.25, 0.3) is 5.56 Å². The van der Waals surface area contributed by atoms with E-state index in [0.717, 1.165) is 34.5 Å². The van der Waals surface area contributed by atoms with Crippen LogP contribution in [0.15, 0.2) is 59.4 Å². The summed E-state index contributed by atoms with van der Waals surface area (Å²) in [6, 6.07) is 18.0. The minimum absolute atomic E-state index is 0.0480. The van der Waals surface area contributed by atoms with Gasteiger partial charge in [0, 0.05) is 5.56 Å². The van der Waals surface area contributed by atoms with Crippen molar-refractivity contribution >= 4 is 0 Å². The number of para-hydroxylation sites is 1. The molecule has 0 aliphatic rings. The first-order chi connectivity index (χ1) is 11.1. The Morgan fingerprint density at radius 3 is 2.30 bits per heavy atom. The second-order valence-electron chi connectivity index (χ2n) is 6.36. The summed E-state index contributed by atoms with van der Waals surface area (Å²) in [5.74, 6) is 0.422. The van der Waals surface area contributed by atoms with Crippen molar-refractivity contribution in [1.82, 2.24) is 9.78 Å². The molecule has 0 saturated heterocycles. The lowest BCUT2D eigenvalue weighted by Crippen LogP contribution is -2.19. The van der Waals surface area contributed by atoms with Crippen LogP contribution in [0, 0.1) is 12.8 Å². The zero-order chi connectivity index (χ0) is 16.4. The molecule has 0 aliphatic carbocycles.